The summed E-state index contributed by atoms with van der Waals surface area (Å²) in [4.78, 5) is 24.7. The number of fused-ring (bicyclic) bond motifs is 1. The van der Waals surface area contributed by atoms with Crippen LogP contribution in [0.15, 0.2) is 51.7 Å². The Kier molecular flexibility index (Phi) is 4.76. The van der Waals surface area contributed by atoms with Crippen LogP contribution in [0.5, 0.6) is 5.75 Å². The fourth-order valence-corrected chi connectivity index (χ4v) is 2.58. The summed E-state index contributed by atoms with van der Waals surface area (Å²) in [7, 11) is 0. The number of anilines is 1. The molecule has 0 bridgehead atoms. The summed E-state index contributed by atoms with van der Waals surface area (Å²) >= 11 is 5.98. The van der Waals surface area contributed by atoms with Gasteiger partial charge in [-0.2, -0.15) is 0 Å². The third-order valence-electron chi connectivity index (χ3n) is 3.68. The number of ether oxygens (including phenoxy) is 1. The van der Waals surface area contributed by atoms with Gasteiger partial charge in [0.15, 0.2) is 11.3 Å². The molecule has 1 N–H and O–H groups in total. The molecule has 6 heteroatoms. The minimum absolute atomic E-state index is 0.0752. The average molecular weight is 358 g/mol. The van der Waals surface area contributed by atoms with Crippen molar-refractivity contribution in [3.63, 3.8) is 0 Å². The average Bonchev–Trinajstić information content (AvgIpc) is 2.58. The summed E-state index contributed by atoms with van der Waals surface area (Å²) < 4.78 is 10.8. The lowest BCUT2D eigenvalue weighted by Crippen LogP contribution is -2.20. The van der Waals surface area contributed by atoms with Crippen LogP contribution < -0.4 is 15.7 Å². The summed E-state index contributed by atoms with van der Waals surface area (Å²) in [6, 6.07) is 11.8. The second kappa shape index (κ2) is 6.99. The molecule has 0 spiro atoms. The zero-order valence-electron chi connectivity index (χ0n) is 13.8. The van der Waals surface area contributed by atoms with Crippen LogP contribution in [0.4, 0.5) is 5.69 Å². The topological polar surface area (TPSA) is 68.5 Å². The number of hydrogen-bond donors (Lipinski definition) is 1. The Hall–Kier alpha value is -2.79. The maximum absolute atomic E-state index is 12.5. The fourth-order valence-electron chi connectivity index (χ4n) is 2.47. The standard InChI is InChI=1S/C19H16ClNO4/c1-3-24-16-6-4-5-12-10-14(19(23)25-17(12)16)18(22)21-13-7-8-15(20)11(2)9-13/h4-10H,3H2,1-2H3,(H,21,22). The van der Waals surface area contributed by atoms with Crippen LogP contribution in [0, 0.1) is 6.92 Å². The fraction of sp³-hybridized carbons (Fsp3) is 0.158. The second-order valence-corrected chi connectivity index (χ2v) is 5.88. The summed E-state index contributed by atoms with van der Waals surface area (Å²) in [6.45, 7) is 4.12. The highest BCUT2D eigenvalue weighted by Crippen LogP contribution is 2.25. The molecule has 0 atom stereocenters. The SMILES string of the molecule is CCOc1cccc2cc(C(=O)Nc3ccc(Cl)c(C)c3)c(=O)oc12. The molecule has 1 heterocycles. The van der Waals surface area contributed by atoms with Crippen molar-refractivity contribution >= 4 is 34.2 Å². The van der Waals surface area contributed by atoms with Crippen LogP contribution >= 0.6 is 11.6 Å². The molecule has 0 aliphatic rings. The van der Waals surface area contributed by atoms with Crippen LogP contribution in [-0.4, -0.2) is 12.5 Å². The van der Waals surface area contributed by atoms with Crippen molar-refractivity contribution in [3.05, 3.63) is 69.0 Å². The van der Waals surface area contributed by atoms with Crippen LogP contribution in [0.3, 0.4) is 0 Å². The number of amides is 1. The van der Waals surface area contributed by atoms with Gasteiger partial charge in [0, 0.05) is 16.1 Å². The van der Waals surface area contributed by atoms with E-state index in [1.54, 1.807) is 36.4 Å². The van der Waals surface area contributed by atoms with Crippen molar-refractivity contribution < 1.29 is 13.9 Å². The van der Waals surface area contributed by atoms with Gasteiger partial charge in [-0.3, -0.25) is 4.79 Å². The summed E-state index contributed by atoms with van der Waals surface area (Å²) in [6.07, 6.45) is 0. The van der Waals surface area contributed by atoms with Crippen molar-refractivity contribution in [1.29, 1.82) is 0 Å². The van der Waals surface area contributed by atoms with Gasteiger partial charge in [-0.15, -0.1) is 0 Å². The molecule has 0 fully saturated rings. The van der Waals surface area contributed by atoms with Gasteiger partial charge in [0.2, 0.25) is 0 Å². The third kappa shape index (κ3) is 3.51. The number of carbonyl (C=O) groups is 1. The Labute approximate surface area is 149 Å². The first kappa shape index (κ1) is 17.0. The molecule has 0 aliphatic heterocycles. The van der Waals surface area contributed by atoms with Crippen molar-refractivity contribution in [1.82, 2.24) is 0 Å². The Morgan fingerprint density at radius 2 is 2.04 bits per heavy atom. The molecule has 1 amide bonds. The van der Waals surface area contributed by atoms with E-state index < -0.39 is 11.5 Å². The van der Waals surface area contributed by atoms with Gasteiger partial charge in [-0.25, -0.2) is 4.79 Å². The Morgan fingerprint density at radius 1 is 1.24 bits per heavy atom. The smallest absolute Gasteiger partial charge is 0.349 e. The van der Waals surface area contributed by atoms with Crippen molar-refractivity contribution in [3.8, 4) is 5.75 Å². The monoisotopic (exact) mass is 357 g/mol. The molecule has 0 saturated heterocycles. The van der Waals surface area contributed by atoms with E-state index in [0.717, 1.165) is 5.56 Å². The van der Waals surface area contributed by atoms with Gasteiger partial charge < -0.3 is 14.5 Å². The molecular formula is C19H16ClNO4. The molecule has 128 valence electrons. The Balaban J connectivity index is 1.97. The van der Waals surface area contributed by atoms with E-state index in [4.69, 9.17) is 20.8 Å². The predicted molar refractivity (Wildman–Crippen MR) is 97.8 cm³/mol. The quantitative estimate of drug-likeness (QED) is 0.702. The van der Waals surface area contributed by atoms with E-state index in [1.807, 2.05) is 13.8 Å². The maximum Gasteiger partial charge on any atom is 0.349 e. The highest BCUT2D eigenvalue weighted by molar-refractivity contribution is 6.31. The van der Waals surface area contributed by atoms with Crippen LogP contribution in [0.25, 0.3) is 11.0 Å². The van der Waals surface area contributed by atoms with Crippen LogP contribution in [0.2, 0.25) is 5.02 Å². The normalized spacial score (nSPS) is 10.7. The minimum Gasteiger partial charge on any atom is -0.490 e. The third-order valence-corrected chi connectivity index (χ3v) is 4.11. The first-order valence-electron chi connectivity index (χ1n) is 7.76. The van der Waals surface area contributed by atoms with Crippen LogP contribution in [-0.2, 0) is 0 Å². The van der Waals surface area contributed by atoms with Gasteiger partial charge in [0.25, 0.3) is 5.91 Å². The molecule has 2 aromatic carbocycles. The molecule has 0 saturated carbocycles. The highest BCUT2D eigenvalue weighted by atomic mass is 35.5. The molecule has 3 rings (SSSR count). The number of para-hydroxylation sites is 1. The number of aryl methyl sites for hydroxylation is 1. The number of nitrogens with one attached hydrogen (secondary N) is 1. The van der Waals surface area contributed by atoms with E-state index in [2.05, 4.69) is 5.32 Å². The summed E-state index contributed by atoms with van der Waals surface area (Å²) in [5.41, 5.74) is 0.908. The van der Waals surface area contributed by atoms with Gasteiger partial charge >= 0.3 is 5.63 Å². The van der Waals surface area contributed by atoms with Gasteiger partial charge in [0.05, 0.1) is 6.61 Å². The van der Waals surface area contributed by atoms with E-state index in [9.17, 15) is 9.59 Å². The maximum atomic E-state index is 12.5. The largest absolute Gasteiger partial charge is 0.490 e. The molecule has 5 nitrogen and oxygen atoms in total. The van der Waals surface area contributed by atoms with Crippen molar-refractivity contribution in [2.75, 3.05) is 11.9 Å². The summed E-state index contributed by atoms with van der Waals surface area (Å²) in [5.74, 6) is -0.0726. The zero-order chi connectivity index (χ0) is 18.0. The molecule has 25 heavy (non-hydrogen) atoms. The zero-order valence-corrected chi connectivity index (χ0v) is 14.5. The lowest BCUT2D eigenvalue weighted by Gasteiger charge is -2.08. The first-order chi connectivity index (χ1) is 12.0. The minimum atomic E-state index is -0.720. The number of halogens is 1. The van der Waals surface area contributed by atoms with E-state index in [-0.39, 0.29) is 5.56 Å². The van der Waals surface area contributed by atoms with E-state index in [0.29, 0.717) is 34.0 Å². The number of benzene rings is 2. The number of carbonyl (C=O) groups excluding carboxylic acids is 1. The lowest BCUT2D eigenvalue weighted by atomic mass is 10.1. The van der Waals surface area contributed by atoms with E-state index >= 15 is 0 Å². The summed E-state index contributed by atoms with van der Waals surface area (Å²) in [5, 5.41) is 3.90. The van der Waals surface area contributed by atoms with Gasteiger partial charge in [-0.05, 0) is 49.7 Å². The number of hydrogen-bond acceptors (Lipinski definition) is 4. The second-order valence-electron chi connectivity index (χ2n) is 5.47. The Morgan fingerprint density at radius 3 is 2.76 bits per heavy atom. The molecule has 1 aromatic heterocycles. The first-order valence-corrected chi connectivity index (χ1v) is 8.14. The highest BCUT2D eigenvalue weighted by Gasteiger charge is 2.16. The molecule has 0 radical (unpaired) electrons. The molecule has 0 unspecified atom stereocenters. The predicted octanol–water partition coefficient (Wildman–Crippen LogP) is 4.41. The molecule has 3 aromatic rings. The Bertz CT molecular complexity index is 1010. The van der Waals surface area contributed by atoms with E-state index in [1.165, 1.54) is 6.07 Å². The van der Waals surface area contributed by atoms with Gasteiger partial charge in [-0.1, -0.05) is 23.7 Å². The molecule has 0 aliphatic carbocycles. The van der Waals surface area contributed by atoms with Crippen LogP contribution in [0.1, 0.15) is 22.8 Å². The van der Waals surface area contributed by atoms with Crippen molar-refractivity contribution in [2.45, 2.75) is 13.8 Å². The van der Waals surface area contributed by atoms with Crippen molar-refractivity contribution in [2.24, 2.45) is 0 Å². The lowest BCUT2D eigenvalue weighted by molar-refractivity contribution is 0.102. The van der Waals surface area contributed by atoms with Gasteiger partial charge in [0.1, 0.15) is 5.56 Å². The number of rotatable bonds is 4. The molecular weight excluding hydrogens is 342 g/mol.